The van der Waals surface area contributed by atoms with E-state index in [0.717, 1.165) is 27.6 Å². The lowest BCUT2D eigenvalue weighted by molar-refractivity contribution is -0.116. The molecule has 0 bridgehead atoms. The standard InChI is InChI=1S/C38H39F2N5O3/c1-3-15-38(39,40)16-5-7-26(4-2)36(47)28-11-12-33(43-23-28)29-18-30-19-31(48-37(30)32(20-29)27-8-6-17-42-22-27)24-45-35(46)14-10-25-9-13-34(41)44-21-25/h6,8-14,17-23,26H,3-5,7,15-16,24H2,1-2H3,(H2,41,44)(H,45,46). The topological polar surface area (TPSA) is 124 Å². The van der Waals surface area contributed by atoms with Crippen molar-refractivity contribution in [3.8, 4) is 22.4 Å². The van der Waals surface area contributed by atoms with Crippen LogP contribution in [0, 0.1) is 5.92 Å². The number of alkyl halides is 2. The van der Waals surface area contributed by atoms with Crippen LogP contribution in [-0.2, 0) is 11.3 Å². The number of benzene rings is 1. The van der Waals surface area contributed by atoms with Gasteiger partial charge in [-0.15, -0.1) is 0 Å². The largest absolute Gasteiger partial charge is 0.459 e. The van der Waals surface area contributed by atoms with Gasteiger partial charge < -0.3 is 15.5 Å². The third kappa shape index (κ3) is 8.76. The second-order valence-electron chi connectivity index (χ2n) is 11.9. The molecular weight excluding hydrogens is 612 g/mol. The number of anilines is 1. The smallest absolute Gasteiger partial charge is 0.248 e. The molecule has 0 aliphatic rings. The summed E-state index contributed by atoms with van der Waals surface area (Å²) in [5.74, 6) is -2.43. The highest BCUT2D eigenvalue weighted by atomic mass is 19.3. The molecule has 0 fully saturated rings. The van der Waals surface area contributed by atoms with Gasteiger partial charge in [0.1, 0.15) is 17.2 Å². The van der Waals surface area contributed by atoms with Gasteiger partial charge in [-0.05, 0) is 79.4 Å². The quantitative estimate of drug-likeness (QED) is 0.0857. The molecule has 1 amide bonds. The second-order valence-corrected chi connectivity index (χ2v) is 11.9. The molecule has 8 nitrogen and oxygen atoms in total. The zero-order valence-electron chi connectivity index (χ0n) is 27.1. The third-order valence-electron chi connectivity index (χ3n) is 8.23. The van der Waals surface area contributed by atoms with E-state index < -0.39 is 5.92 Å². The lowest BCUT2D eigenvalue weighted by Gasteiger charge is -2.18. The molecular formula is C38H39F2N5O3. The molecule has 4 aromatic heterocycles. The first-order valence-electron chi connectivity index (χ1n) is 16.2. The summed E-state index contributed by atoms with van der Waals surface area (Å²) in [5, 5.41) is 3.66. The third-order valence-corrected chi connectivity index (χ3v) is 8.23. The van der Waals surface area contributed by atoms with E-state index >= 15 is 0 Å². The molecule has 0 aliphatic carbocycles. The Morgan fingerprint density at radius 2 is 1.85 bits per heavy atom. The Balaban J connectivity index is 1.33. The Morgan fingerprint density at radius 1 is 1.00 bits per heavy atom. The Hall–Kier alpha value is -5.25. The number of nitrogen functional groups attached to an aromatic ring is 1. The van der Waals surface area contributed by atoms with Crippen molar-refractivity contribution in [2.24, 2.45) is 5.92 Å². The molecule has 5 rings (SSSR count). The number of aromatic nitrogens is 3. The van der Waals surface area contributed by atoms with E-state index in [1.807, 2.05) is 37.3 Å². The number of rotatable bonds is 15. The minimum absolute atomic E-state index is 0.0802. The van der Waals surface area contributed by atoms with Gasteiger partial charge in [0.05, 0.1) is 12.2 Å². The summed E-state index contributed by atoms with van der Waals surface area (Å²) in [6, 6.07) is 16.5. The van der Waals surface area contributed by atoms with Crippen LogP contribution in [0.5, 0.6) is 0 Å². The van der Waals surface area contributed by atoms with E-state index in [0.29, 0.717) is 54.1 Å². The van der Waals surface area contributed by atoms with E-state index in [9.17, 15) is 18.4 Å². The highest BCUT2D eigenvalue weighted by Gasteiger charge is 2.28. The van der Waals surface area contributed by atoms with Gasteiger partial charge in [-0.1, -0.05) is 26.3 Å². The maximum absolute atomic E-state index is 14.0. The monoisotopic (exact) mass is 651 g/mol. The van der Waals surface area contributed by atoms with E-state index in [1.165, 1.54) is 6.08 Å². The fraction of sp³-hybridized carbons (Fsp3) is 0.289. The first-order valence-corrected chi connectivity index (χ1v) is 16.2. The van der Waals surface area contributed by atoms with Gasteiger partial charge >= 0.3 is 0 Å². The van der Waals surface area contributed by atoms with Crippen LogP contribution in [0.3, 0.4) is 0 Å². The van der Waals surface area contributed by atoms with Gasteiger partial charge in [-0.3, -0.25) is 19.6 Å². The Labute approximate surface area is 278 Å². The molecule has 3 N–H and O–H groups in total. The van der Waals surface area contributed by atoms with Crippen molar-refractivity contribution >= 4 is 34.6 Å². The molecule has 1 unspecified atom stereocenters. The number of hydrogen-bond donors (Lipinski definition) is 2. The van der Waals surface area contributed by atoms with Crippen LogP contribution in [0.25, 0.3) is 39.4 Å². The van der Waals surface area contributed by atoms with Crippen molar-refractivity contribution in [2.45, 2.75) is 64.8 Å². The lowest BCUT2D eigenvalue weighted by atomic mass is 9.90. The zero-order chi connectivity index (χ0) is 34.1. The lowest BCUT2D eigenvalue weighted by Crippen LogP contribution is -2.19. The van der Waals surface area contributed by atoms with Gasteiger partial charge in [0.2, 0.25) is 11.8 Å². The summed E-state index contributed by atoms with van der Waals surface area (Å²) in [6.45, 7) is 3.83. The summed E-state index contributed by atoms with van der Waals surface area (Å²) >= 11 is 0. The number of ketones is 1. The van der Waals surface area contributed by atoms with Crippen LogP contribution in [-0.4, -0.2) is 32.6 Å². The molecule has 0 saturated carbocycles. The average molecular weight is 652 g/mol. The number of carbonyl (C=O) groups excluding carboxylic acids is 2. The molecule has 5 aromatic rings. The van der Waals surface area contributed by atoms with Crippen LogP contribution in [0.4, 0.5) is 14.6 Å². The van der Waals surface area contributed by atoms with Gasteiger partial charge in [0.15, 0.2) is 5.78 Å². The maximum Gasteiger partial charge on any atom is 0.248 e. The number of nitrogens with two attached hydrogens (primary N) is 1. The predicted octanol–water partition coefficient (Wildman–Crippen LogP) is 8.68. The number of pyridine rings is 3. The molecule has 0 aliphatic heterocycles. The fourth-order valence-electron chi connectivity index (χ4n) is 5.66. The minimum Gasteiger partial charge on any atom is -0.459 e. The molecule has 1 aromatic carbocycles. The highest BCUT2D eigenvalue weighted by molar-refractivity contribution is 5.99. The number of halogens is 2. The number of Topliss-reactive ketones (excluding diaryl/α,β-unsaturated/α-hetero) is 1. The van der Waals surface area contributed by atoms with E-state index in [-0.39, 0.29) is 37.0 Å². The van der Waals surface area contributed by atoms with Crippen molar-refractivity contribution in [3.05, 3.63) is 102 Å². The Bertz CT molecular complexity index is 1870. The van der Waals surface area contributed by atoms with Gasteiger partial charge in [0.25, 0.3) is 0 Å². The van der Waals surface area contributed by atoms with Crippen LogP contribution >= 0.6 is 0 Å². The molecule has 0 spiro atoms. The van der Waals surface area contributed by atoms with Crippen molar-refractivity contribution in [1.82, 2.24) is 20.3 Å². The molecule has 248 valence electrons. The normalized spacial score (nSPS) is 12.4. The summed E-state index contributed by atoms with van der Waals surface area (Å²) in [4.78, 5) is 38.7. The van der Waals surface area contributed by atoms with Crippen LogP contribution in [0.2, 0.25) is 0 Å². The minimum atomic E-state index is -2.69. The number of furan rings is 1. The van der Waals surface area contributed by atoms with Crippen molar-refractivity contribution in [3.63, 3.8) is 0 Å². The van der Waals surface area contributed by atoms with E-state index in [4.69, 9.17) is 10.2 Å². The van der Waals surface area contributed by atoms with Gasteiger partial charge in [0, 0.05) is 77.3 Å². The predicted molar refractivity (Wildman–Crippen MR) is 184 cm³/mol. The zero-order valence-corrected chi connectivity index (χ0v) is 27.1. The molecule has 48 heavy (non-hydrogen) atoms. The number of nitrogens with zero attached hydrogens (tertiary/aromatic N) is 3. The first-order chi connectivity index (χ1) is 23.2. The number of amides is 1. The number of carbonyl (C=O) groups is 2. The Kier molecular flexibility index (Phi) is 11.1. The van der Waals surface area contributed by atoms with E-state index in [1.54, 1.807) is 62.1 Å². The fourth-order valence-corrected chi connectivity index (χ4v) is 5.66. The highest BCUT2D eigenvalue weighted by Crippen LogP contribution is 2.36. The number of hydrogen-bond acceptors (Lipinski definition) is 7. The molecule has 0 saturated heterocycles. The van der Waals surface area contributed by atoms with Crippen LogP contribution in [0.15, 0.2) is 89.9 Å². The molecule has 0 radical (unpaired) electrons. The molecule has 1 atom stereocenters. The maximum atomic E-state index is 14.0. The van der Waals surface area contributed by atoms with Crippen molar-refractivity contribution < 1.29 is 22.8 Å². The number of nitrogens with one attached hydrogen (secondary N) is 1. The SMILES string of the molecule is CCCC(F)(F)CCCC(CC)C(=O)c1ccc(-c2cc(-c3cccnc3)c3oc(CNC(=O)C=Cc4ccc(N)nc4)cc3c2)nc1. The summed E-state index contributed by atoms with van der Waals surface area (Å²) in [7, 11) is 0. The molecule has 4 heterocycles. The van der Waals surface area contributed by atoms with Crippen LogP contribution < -0.4 is 11.1 Å². The van der Waals surface area contributed by atoms with Gasteiger partial charge in [-0.25, -0.2) is 13.8 Å². The Morgan fingerprint density at radius 3 is 2.54 bits per heavy atom. The number of fused-ring (bicyclic) bond motifs is 1. The van der Waals surface area contributed by atoms with Crippen molar-refractivity contribution in [2.75, 3.05) is 5.73 Å². The van der Waals surface area contributed by atoms with Gasteiger partial charge in [-0.2, -0.15) is 0 Å². The summed E-state index contributed by atoms with van der Waals surface area (Å²) < 4.78 is 34.2. The van der Waals surface area contributed by atoms with E-state index in [2.05, 4.69) is 20.3 Å². The average Bonchev–Trinajstić information content (AvgIpc) is 3.52. The second kappa shape index (κ2) is 15.6. The van der Waals surface area contributed by atoms with Crippen molar-refractivity contribution in [1.29, 1.82) is 0 Å². The first kappa shape index (κ1) is 34.1. The summed E-state index contributed by atoms with van der Waals surface area (Å²) in [5.41, 5.74) is 10.6. The summed E-state index contributed by atoms with van der Waals surface area (Å²) in [6.07, 6.45) is 11.0. The van der Waals surface area contributed by atoms with Crippen LogP contribution in [0.1, 0.15) is 74.1 Å². The molecule has 10 heteroatoms.